The highest BCUT2D eigenvalue weighted by Crippen LogP contribution is 2.26. The minimum absolute atomic E-state index is 0.223. The highest BCUT2D eigenvalue weighted by atomic mass is 32.1. The van der Waals surface area contributed by atoms with E-state index in [2.05, 4.69) is 15.5 Å². The summed E-state index contributed by atoms with van der Waals surface area (Å²) in [5, 5.41) is 6.90. The van der Waals surface area contributed by atoms with E-state index in [1.165, 1.54) is 0 Å². The maximum Gasteiger partial charge on any atom is 0.293 e. The molecule has 1 aromatic heterocycles. The van der Waals surface area contributed by atoms with E-state index in [0.29, 0.717) is 18.8 Å². The molecule has 27 heavy (non-hydrogen) atoms. The summed E-state index contributed by atoms with van der Waals surface area (Å²) in [5.74, 6) is -0.158. The molecule has 2 aromatic carbocycles. The van der Waals surface area contributed by atoms with Crippen molar-refractivity contribution in [3.8, 4) is 0 Å². The van der Waals surface area contributed by atoms with Crippen LogP contribution in [0.2, 0.25) is 0 Å². The van der Waals surface area contributed by atoms with Crippen LogP contribution in [0.5, 0.6) is 0 Å². The van der Waals surface area contributed by atoms with E-state index in [0.717, 1.165) is 29.9 Å². The van der Waals surface area contributed by atoms with Gasteiger partial charge in [0, 0.05) is 18.5 Å². The molecule has 138 valence electrons. The summed E-state index contributed by atoms with van der Waals surface area (Å²) in [6.45, 7) is 3.02. The normalized spacial score (nSPS) is 14.1. The van der Waals surface area contributed by atoms with Crippen molar-refractivity contribution in [1.82, 2.24) is 5.32 Å². The lowest BCUT2D eigenvalue weighted by molar-refractivity contribution is 0.0953. The number of furan rings is 1. The molecule has 1 amide bonds. The molecule has 1 saturated heterocycles. The smallest absolute Gasteiger partial charge is 0.293 e. The van der Waals surface area contributed by atoms with Crippen molar-refractivity contribution >= 4 is 45.6 Å². The zero-order valence-corrected chi connectivity index (χ0v) is 15.4. The summed E-state index contributed by atoms with van der Waals surface area (Å²) < 4.78 is 11.0. The van der Waals surface area contributed by atoms with Gasteiger partial charge in [0.2, 0.25) is 0 Å². The summed E-state index contributed by atoms with van der Waals surface area (Å²) >= 11 is 5.33. The van der Waals surface area contributed by atoms with Gasteiger partial charge in [-0.15, -0.1) is 0 Å². The number of morpholine rings is 1. The lowest BCUT2D eigenvalue weighted by atomic mass is 10.2. The highest BCUT2D eigenvalue weighted by Gasteiger charge is 2.17. The average molecular weight is 381 g/mol. The number of anilines is 2. The van der Waals surface area contributed by atoms with Crippen LogP contribution in [0.15, 0.2) is 59.0 Å². The Morgan fingerprint density at radius 2 is 1.78 bits per heavy atom. The third-order valence-electron chi connectivity index (χ3n) is 4.38. The molecule has 6 nitrogen and oxygen atoms in total. The topological polar surface area (TPSA) is 66.7 Å². The minimum Gasteiger partial charge on any atom is -0.451 e. The Bertz CT molecular complexity index is 946. The molecule has 2 heterocycles. The lowest BCUT2D eigenvalue weighted by Gasteiger charge is -2.30. The Labute approximate surface area is 162 Å². The van der Waals surface area contributed by atoms with Crippen molar-refractivity contribution in [2.24, 2.45) is 0 Å². The van der Waals surface area contributed by atoms with Gasteiger partial charge < -0.3 is 19.4 Å². The molecule has 4 rings (SSSR count). The molecule has 0 saturated carbocycles. The fourth-order valence-corrected chi connectivity index (χ4v) is 3.27. The Morgan fingerprint density at radius 3 is 2.59 bits per heavy atom. The van der Waals surface area contributed by atoms with E-state index in [1.807, 2.05) is 48.5 Å². The predicted molar refractivity (Wildman–Crippen MR) is 109 cm³/mol. The first-order valence-electron chi connectivity index (χ1n) is 8.73. The predicted octanol–water partition coefficient (Wildman–Crippen LogP) is 3.40. The van der Waals surface area contributed by atoms with Crippen molar-refractivity contribution in [3.63, 3.8) is 0 Å². The van der Waals surface area contributed by atoms with Crippen LogP contribution in [0.3, 0.4) is 0 Å². The number of rotatable bonds is 3. The summed E-state index contributed by atoms with van der Waals surface area (Å²) in [4.78, 5) is 14.7. The molecule has 1 aliphatic rings. The third kappa shape index (κ3) is 3.94. The third-order valence-corrected chi connectivity index (χ3v) is 4.58. The quantitative estimate of drug-likeness (QED) is 0.678. The van der Waals surface area contributed by atoms with Crippen LogP contribution < -0.4 is 15.5 Å². The number of nitrogens with one attached hydrogen (secondary N) is 2. The lowest BCUT2D eigenvalue weighted by Crippen LogP contribution is -2.38. The van der Waals surface area contributed by atoms with Gasteiger partial charge in [-0.05, 0) is 36.5 Å². The van der Waals surface area contributed by atoms with Crippen LogP contribution in [-0.4, -0.2) is 37.3 Å². The number of hydrogen-bond donors (Lipinski definition) is 2. The van der Waals surface area contributed by atoms with Crippen LogP contribution in [0.25, 0.3) is 11.0 Å². The molecule has 2 N–H and O–H groups in total. The number of para-hydroxylation sites is 3. The van der Waals surface area contributed by atoms with E-state index in [-0.39, 0.29) is 16.8 Å². The van der Waals surface area contributed by atoms with Gasteiger partial charge in [-0.2, -0.15) is 0 Å². The van der Waals surface area contributed by atoms with Crippen LogP contribution in [-0.2, 0) is 4.74 Å². The van der Waals surface area contributed by atoms with Gasteiger partial charge in [0.25, 0.3) is 5.91 Å². The first-order valence-corrected chi connectivity index (χ1v) is 9.14. The molecular formula is C20H19N3O3S. The number of carbonyl (C=O) groups excluding carboxylic acids is 1. The SMILES string of the molecule is O=C(NC(=S)Nc1ccccc1N1CCOCC1)c1cc2ccccc2o1. The standard InChI is InChI=1S/C20H19N3O3S/c24-19(18-13-14-5-1-4-8-17(14)26-18)22-20(27)21-15-6-2-3-7-16(15)23-9-11-25-12-10-23/h1-8,13H,9-12H2,(H2,21,22,24,27). The maximum atomic E-state index is 12.4. The monoisotopic (exact) mass is 381 g/mol. The Balaban J connectivity index is 1.45. The summed E-state index contributed by atoms with van der Waals surface area (Å²) in [6, 6.07) is 17.0. The highest BCUT2D eigenvalue weighted by molar-refractivity contribution is 7.80. The fourth-order valence-electron chi connectivity index (χ4n) is 3.07. The van der Waals surface area contributed by atoms with Gasteiger partial charge in [0.15, 0.2) is 10.9 Å². The largest absolute Gasteiger partial charge is 0.451 e. The summed E-state index contributed by atoms with van der Waals surface area (Å²) in [7, 11) is 0. The summed E-state index contributed by atoms with van der Waals surface area (Å²) in [5.41, 5.74) is 2.54. The first kappa shape index (κ1) is 17.5. The number of ether oxygens (including phenoxy) is 1. The van der Waals surface area contributed by atoms with Crippen molar-refractivity contribution in [1.29, 1.82) is 0 Å². The van der Waals surface area contributed by atoms with Crippen LogP contribution >= 0.6 is 12.2 Å². The van der Waals surface area contributed by atoms with Crippen molar-refractivity contribution in [3.05, 3.63) is 60.4 Å². The molecule has 0 bridgehead atoms. The van der Waals surface area contributed by atoms with Crippen molar-refractivity contribution < 1.29 is 13.9 Å². The number of thiocarbonyl (C=S) groups is 1. The van der Waals surface area contributed by atoms with Gasteiger partial charge in [0.05, 0.1) is 24.6 Å². The summed E-state index contributed by atoms with van der Waals surface area (Å²) in [6.07, 6.45) is 0. The van der Waals surface area contributed by atoms with E-state index in [1.54, 1.807) is 6.07 Å². The Morgan fingerprint density at radius 1 is 1.04 bits per heavy atom. The molecule has 3 aromatic rings. The number of fused-ring (bicyclic) bond motifs is 1. The van der Waals surface area contributed by atoms with Crippen molar-refractivity contribution in [2.75, 3.05) is 36.5 Å². The molecule has 0 radical (unpaired) electrons. The molecule has 0 spiro atoms. The number of carbonyl (C=O) groups is 1. The second-order valence-corrected chi connectivity index (χ2v) is 6.58. The fraction of sp³-hybridized carbons (Fsp3) is 0.200. The van der Waals surface area contributed by atoms with E-state index in [9.17, 15) is 4.79 Å². The Kier molecular flexibility index (Phi) is 5.04. The molecular weight excluding hydrogens is 362 g/mol. The second kappa shape index (κ2) is 7.77. The van der Waals surface area contributed by atoms with E-state index in [4.69, 9.17) is 21.4 Å². The molecule has 0 unspecified atom stereocenters. The van der Waals surface area contributed by atoms with E-state index >= 15 is 0 Å². The molecule has 1 fully saturated rings. The van der Waals surface area contributed by atoms with Crippen LogP contribution in [0, 0.1) is 0 Å². The molecule has 7 heteroatoms. The zero-order chi connectivity index (χ0) is 18.6. The molecule has 0 atom stereocenters. The first-order chi connectivity index (χ1) is 13.2. The zero-order valence-electron chi connectivity index (χ0n) is 14.6. The number of nitrogens with zero attached hydrogens (tertiary/aromatic N) is 1. The number of amides is 1. The number of hydrogen-bond acceptors (Lipinski definition) is 5. The molecule has 0 aliphatic carbocycles. The average Bonchev–Trinajstić information content (AvgIpc) is 3.13. The van der Waals surface area contributed by atoms with Crippen LogP contribution in [0.4, 0.5) is 11.4 Å². The van der Waals surface area contributed by atoms with Crippen molar-refractivity contribution in [2.45, 2.75) is 0 Å². The van der Waals surface area contributed by atoms with Gasteiger partial charge in [-0.3, -0.25) is 10.1 Å². The minimum atomic E-state index is -0.382. The van der Waals surface area contributed by atoms with Gasteiger partial charge in [-0.25, -0.2) is 0 Å². The van der Waals surface area contributed by atoms with Gasteiger partial charge in [-0.1, -0.05) is 30.3 Å². The van der Waals surface area contributed by atoms with Gasteiger partial charge in [0.1, 0.15) is 5.58 Å². The second-order valence-electron chi connectivity index (χ2n) is 6.17. The molecule has 1 aliphatic heterocycles. The Hall–Kier alpha value is -2.90. The number of benzene rings is 2. The van der Waals surface area contributed by atoms with E-state index < -0.39 is 0 Å². The van der Waals surface area contributed by atoms with Crippen LogP contribution in [0.1, 0.15) is 10.6 Å². The van der Waals surface area contributed by atoms with Gasteiger partial charge >= 0.3 is 0 Å². The maximum absolute atomic E-state index is 12.4.